The largest absolute Gasteiger partial charge is 0.462 e. The van der Waals surface area contributed by atoms with E-state index in [9.17, 15) is 9.18 Å². The Morgan fingerprint density at radius 3 is 2.68 bits per heavy atom. The second kappa shape index (κ2) is 7.57. The predicted molar refractivity (Wildman–Crippen MR) is 93.8 cm³/mol. The molecule has 0 aliphatic heterocycles. The van der Waals surface area contributed by atoms with E-state index < -0.39 is 0 Å². The van der Waals surface area contributed by atoms with Crippen molar-refractivity contribution in [2.75, 3.05) is 6.61 Å². The number of halogens is 1. The first-order valence-corrected chi connectivity index (χ1v) is 7.83. The molecule has 2 aromatic carbocycles. The Hall–Kier alpha value is -3.21. The van der Waals surface area contributed by atoms with E-state index >= 15 is 0 Å². The Morgan fingerprint density at radius 2 is 1.96 bits per heavy atom. The van der Waals surface area contributed by atoms with Crippen molar-refractivity contribution < 1.29 is 18.3 Å². The number of furan rings is 1. The maximum absolute atomic E-state index is 13.3. The molecule has 5 heteroatoms. The van der Waals surface area contributed by atoms with Gasteiger partial charge in [-0.25, -0.2) is 9.18 Å². The molecular formula is C20H16FNO3. The van der Waals surface area contributed by atoms with Crippen LogP contribution < -0.4 is 0 Å². The van der Waals surface area contributed by atoms with Gasteiger partial charge in [0, 0.05) is 5.56 Å². The zero-order chi connectivity index (χ0) is 17.6. The third-order valence-corrected chi connectivity index (χ3v) is 3.46. The van der Waals surface area contributed by atoms with Crippen molar-refractivity contribution in [1.29, 1.82) is 0 Å². The zero-order valence-electron chi connectivity index (χ0n) is 13.6. The first kappa shape index (κ1) is 16.6. The Labute approximate surface area is 144 Å². The highest BCUT2D eigenvalue weighted by Gasteiger charge is 2.06. The smallest absolute Gasteiger partial charge is 0.338 e. The highest BCUT2D eigenvalue weighted by atomic mass is 19.1. The molecule has 4 nitrogen and oxygen atoms in total. The fraction of sp³-hybridized carbons (Fsp3) is 0.100. The number of hydrogen-bond acceptors (Lipinski definition) is 4. The lowest BCUT2D eigenvalue weighted by molar-refractivity contribution is 0.0526. The molecule has 1 heterocycles. The quantitative estimate of drug-likeness (QED) is 0.485. The minimum absolute atomic E-state index is 0.314. The molecule has 0 aliphatic rings. The van der Waals surface area contributed by atoms with Gasteiger partial charge in [-0.3, -0.25) is 4.99 Å². The fourth-order valence-corrected chi connectivity index (χ4v) is 2.26. The molecule has 0 atom stereocenters. The van der Waals surface area contributed by atoms with Crippen LogP contribution in [0.3, 0.4) is 0 Å². The molecule has 0 amide bonds. The summed E-state index contributed by atoms with van der Waals surface area (Å²) in [5.74, 6) is 0.446. The van der Waals surface area contributed by atoms with E-state index in [1.54, 1.807) is 61.7 Å². The average molecular weight is 337 g/mol. The van der Waals surface area contributed by atoms with Crippen molar-refractivity contribution in [3.63, 3.8) is 0 Å². The Kier molecular flexibility index (Phi) is 5.04. The van der Waals surface area contributed by atoms with Crippen LogP contribution in [0.25, 0.3) is 11.3 Å². The first-order valence-electron chi connectivity index (χ1n) is 7.83. The molecule has 1 aromatic heterocycles. The predicted octanol–water partition coefficient (Wildman–Crippen LogP) is 5.01. The molecule has 0 unspecified atom stereocenters. The molecule has 3 rings (SSSR count). The summed E-state index contributed by atoms with van der Waals surface area (Å²) in [6.07, 6.45) is 1.57. The average Bonchev–Trinajstić information content (AvgIpc) is 3.10. The van der Waals surface area contributed by atoms with Crippen molar-refractivity contribution in [3.05, 3.63) is 77.8 Å². The molecule has 3 aromatic rings. The van der Waals surface area contributed by atoms with Gasteiger partial charge < -0.3 is 9.15 Å². The van der Waals surface area contributed by atoms with E-state index in [-0.39, 0.29) is 11.8 Å². The zero-order valence-corrected chi connectivity index (χ0v) is 13.6. The third-order valence-electron chi connectivity index (χ3n) is 3.46. The van der Waals surface area contributed by atoms with Gasteiger partial charge in [0.25, 0.3) is 0 Å². The van der Waals surface area contributed by atoms with Gasteiger partial charge in [-0.05, 0) is 55.5 Å². The van der Waals surface area contributed by atoms with Crippen LogP contribution in [0.1, 0.15) is 23.0 Å². The van der Waals surface area contributed by atoms with Gasteiger partial charge in [-0.1, -0.05) is 12.1 Å². The molecular weight excluding hydrogens is 321 g/mol. The highest BCUT2D eigenvalue weighted by molar-refractivity contribution is 5.90. The monoisotopic (exact) mass is 337 g/mol. The third kappa shape index (κ3) is 4.20. The lowest BCUT2D eigenvalue weighted by atomic mass is 10.2. The normalized spacial score (nSPS) is 11.0. The molecule has 0 bridgehead atoms. The van der Waals surface area contributed by atoms with Crippen LogP contribution in [-0.4, -0.2) is 18.8 Å². The van der Waals surface area contributed by atoms with E-state index in [1.807, 2.05) is 0 Å². The molecule has 0 spiro atoms. The fourth-order valence-electron chi connectivity index (χ4n) is 2.26. The molecule has 0 saturated carbocycles. The lowest BCUT2D eigenvalue weighted by Crippen LogP contribution is -2.03. The lowest BCUT2D eigenvalue weighted by Gasteiger charge is -2.01. The van der Waals surface area contributed by atoms with Gasteiger partial charge >= 0.3 is 5.97 Å². The number of ether oxygens (including phenoxy) is 1. The highest BCUT2D eigenvalue weighted by Crippen LogP contribution is 2.22. The Morgan fingerprint density at radius 1 is 1.16 bits per heavy atom. The van der Waals surface area contributed by atoms with Gasteiger partial charge in [0.2, 0.25) is 0 Å². The van der Waals surface area contributed by atoms with Crippen molar-refractivity contribution in [2.45, 2.75) is 6.92 Å². The van der Waals surface area contributed by atoms with Crippen molar-refractivity contribution in [1.82, 2.24) is 0 Å². The maximum Gasteiger partial charge on any atom is 0.338 e. The number of esters is 1. The van der Waals surface area contributed by atoms with Crippen molar-refractivity contribution >= 4 is 17.9 Å². The van der Waals surface area contributed by atoms with Crippen molar-refractivity contribution in [2.24, 2.45) is 4.99 Å². The summed E-state index contributed by atoms with van der Waals surface area (Å²) >= 11 is 0. The number of hydrogen-bond donors (Lipinski definition) is 0. The van der Waals surface area contributed by atoms with Gasteiger partial charge in [0.15, 0.2) is 0 Å². The van der Waals surface area contributed by atoms with Crippen LogP contribution in [0.2, 0.25) is 0 Å². The van der Waals surface area contributed by atoms with Crippen LogP contribution in [-0.2, 0) is 4.74 Å². The minimum Gasteiger partial charge on any atom is -0.462 e. The summed E-state index contributed by atoms with van der Waals surface area (Å²) in [6, 6.07) is 16.5. The summed E-state index contributed by atoms with van der Waals surface area (Å²) in [5, 5.41) is 0. The molecule has 0 saturated heterocycles. The first-order chi connectivity index (χ1) is 12.2. The van der Waals surface area contributed by atoms with E-state index in [2.05, 4.69) is 4.99 Å². The molecule has 0 aliphatic carbocycles. The minimum atomic E-state index is -0.358. The Balaban J connectivity index is 1.71. The topological polar surface area (TPSA) is 51.8 Å². The van der Waals surface area contributed by atoms with Crippen LogP contribution in [0.15, 0.2) is 70.1 Å². The summed E-state index contributed by atoms with van der Waals surface area (Å²) in [6.45, 7) is 2.10. The second-order valence-corrected chi connectivity index (χ2v) is 5.24. The summed E-state index contributed by atoms with van der Waals surface area (Å²) in [4.78, 5) is 15.9. The molecule has 0 N–H and O–H groups in total. The van der Waals surface area contributed by atoms with Crippen LogP contribution in [0, 0.1) is 5.82 Å². The number of benzene rings is 2. The van der Waals surface area contributed by atoms with E-state index in [0.29, 0.717) is 34.9 Å². The number of carbonyl (C=O) groups is 1. The summed E-state index contributed by atoms with van der Waals surface area (Å²) in [5.41, 5.74) is 1.82. The van der Waals surface area contributed by atoms with Gasteiger partial charge in [-0.15, -0.1) is 0 Å². The Bertz CT molecular complexity index is 897. The number of rotatable bonds is 5. The molecule has 0 radical (unpaired) electrons. The molecule has 25 heavy (non-hydrogen) atoms. The van der Waals surface area contributed by atoms with Crippen LogP contribution in [0.4, 0.5) is 10.1 Å². The summed E-state index contributed by atoms with van der Waals surface area (Å²) in [7, 11) is 0. The summed E-state index contributed by atoms with van der Waals surface area (Å²) < 4.78 is 23.8. The van der Waals surface area contributed by atoms with Crippen LogP contribution in [0.5, 0.6) is 0 Å². The standard InChI is InChI=1S/C20H16FNO3/c1-2-24-20(23)14-6-8-17(9-7-14)22-13-18-10-11-19(25-18)15-4-3-5-16(21)12-15/h3-13H,2H2,1H3. The van der Waals surface area contributed by atoms with E-state index in [4.69, 9.17) is 9.15 Å². The van der Waals surface area contributed by atoms with E-state index in [1.165, 1.54) is 12.1 Å². The van der Waals surface area contributed by atoms with E-state index in [0.717, 1.165) is 0 Å². The van der Waals surface area contributed by atoms with Gasteiger partial charge in [0.05, 0.1) is 24.1 Å². The number of carbonyl (C=O) groups excluding carboxylic acids is 1. The molecule has 0 fully saturated rings. The number of aliphatic imine (C=N–C) groups is 1. The van der Waals surface area contributed by atoms with Crippen molar-refractivity contribution in [3.8, 4) is 11.3 Å². The molecule has 126 valence electrons. The van der Waals surface area contributed by atoms with Gasteiger partial charge in [0.1, 0.15) is 17.3 Å². The SMILES string of the molecule is CCOC(=O)c1ccc(N=Cc2ccc(-c3cccc(F)c3)o2)cc1. The maximum atomic E-state index is 13.3. The number of nitrogens with zero attached hydrogens (tertiary/aromatic N) is 1. The van der Waals surface area contributed by atoms with Gasteiger partial charge in [-0.2, -0.15) is 0 Å². The van der Waals surface area contributed by atoms with Crippen LogP contribution >= 0.6 is 0 Å². The second-order valence-electron chi connectivity index (χ2n) is 5.24.